The third-order valence-corrected chi connectivity index (χ3v) is 2.09. The van der Waals surface area contributed by atoms with Crippen molar-refractivity contribution in [2.75, 3.05) is 13.2 Å². The molecule has 1 aliphatic carbocycles. The highest BCUT2D eigenvalue weighted by Crippen LogP contribution is 2.32. The van der Waals surface area contributed by atoms with Crippen LogP contribution >= 0.6 is 0 Å². The van der Waals surface area contributed by atoms with Gasteiger partial charge in [-0.3, -0.25) is 9.53 Å². The Morgan fingerprint density at radius 1 is 1.53 bits per heavy atom. The van der Waals surface area contributed by atoms with E-state index >= 15 is 0 Å². The molecule has 0 spiro atoms. The lowest BCUT2D eigenvalue weighted by Gasteiger charge is -2.13. The molecular formula is C8H12F3NO3. The van der Waals surface area contributed by atoms with Gasteiger partial charge in [-0.15, -0.1) is 13.2 Å². The summed E-state index contributed by atoms with van der Waals surface area (Å²) in [5, 5.41) is 11.2. The molecular weight excluding hydrogens is 215 g/mol. The van der Waals surface area contributed by atoms with E-state index in [2.05, 4.69) is 10.1 Å². The van der Waals surface area contributed by atoms with Crippen molar-refractivity contribution < 1.29 is 27.8 Å². The van der Waals surface area contributed by atoms with Crippen molar-refractivity contribution in [1.29, 1.82) is 0 Å². The summed E-state index contributed by atoms with van der Waals surface area (Å²) in [5.74, 6) is -0.974. The Labute approximate surface area is 84.4 Å². The average Bonchev–Trinajstić information content (AvgIpc) is 2.84. The number of rotatable bonds is 6. The molecule has 0 aromatic heterocycles. The minimum atomic E-state index is -4.65. The minimum Gasteiger partial charge on any atom is -0.480 e. The van der Waals surface area contributed by atoms with Crippen molar-refractivity contribution in [3.05, 3.63) is 0 Å². The minimum absolute atomic E-state index is 0.0494. The van der Waals surface area contributed by atoms with E-state index in [9.17, 15) is 18.0 Å². The molecule has 0 heterocycles. The predicted octanol–water partition coefficient (Wildman–Crippen LogP) is 0.976. The van der Waals surface area contributed by atoms with E-state index in [1.807, 2.05) is 0 Å². The van der Waals surface area contributed by atoms with Crippen molar-refractivity contribution >= 4 is 5.97 Å². The van der Waals surface area contributed by atoms with Gasteiger partial charge < -0.3 is 10.4 Å². The normalized spacial score (nSPS) is 18.9. The van der Waals surface area contributed by atoms with Crippen LogP contribution in [-0.4, -0.2) is 36.6 Å². The van der Waals surface area contributed by atoms with Gasteiger partial charge in [0.05, 0.1) is 6.61 Å². The molecule has 1 unspecified atom stereocenters. The van der Waals surface area contributed by atoms with Crippen LogP contribution in [0.5, 0.6) is 0 Å². The Bertz CT molecular complexity index is 228. The SMILES string of the molecule is O=C(O)C(NCCOC(F)(F)F)C1CC1. The van der Waals surface area contributed by atoms with E-state index < -0.39 is 25.0 Å². The maximum Gasteiger partial charge on any atom is 0.522 e. The van der Waals surface area contributed by atoms with Crippen molar-refractivity contribution in [1.82, 2.24) is 5.32 Å². The highest BCUT2D eigenvalue weighted by atomic mass is 19.4. The first-order valence-corrected chi connectivity index (χ1v) is 4.57. The molecule has 0 aromatic carbocycles. The van der Waals surface area contributed by atoms with E-state index in [4.69, 9.17) is 5.11 Å². The summed E-state index contributed by atoms with van der Waals surface area (Å²) in [6, 6.07) is -0.748. The molecule has 2 N–H and O–H groups in total. The summed E-state index contributed by atoms with van der Waals surface area (Å²) in [4.78, 5) is 10.6. The van der Waals surface area contributed by atoms with Crippen LogP contribution in [0.3, 0.4) is 0 Å². The van der Waals surface area contributed by atoms with E-state index in [0.717, 1.165) is 12.8 Å². The number of alkyl halides is 3. The van der Waals surface area contributed by atoms with Crippen LogP contribution in [0.1, 0.15) is 12.8 Å². The van der Waals surface area contributed by atoms with Gasteiger partial charge >= 0.3 is 12.3 Å². The highest BCUT2D eigenvalue weighted by molar-refractivity contribution is 5.74. The van der Waals surface area contributed by atoms with E-state index in [1.54, 1.807) is 0 Å². The number of ether oxygens (including phenoxy) is 1. The Kier molecular flexibility index (Phi) is 3.92. The predicted molar refractivity (Wildman–Crippen MR) is 44.2 cm³/mol. The molecule has 1 aliphatic rings. The van der Waals surface area contributed by atoms with Gasteiger partial charge in [0.1, 0.15) is 6.04 Å². The van der Waals surface area contributed by atoms with Crippen LogP contribution in [0, 0.1) is 5.92 Å². The van der Waals surface area contributed by atoms with Gasteiger partial charge in [-0.05, 0) is 18.8 Å². The molecule has 1 saturated carbocycles. The molecule has 15 heavy (non-hydrogen) atoms. The van der Waals surface area contributed by atoms with Gasteiger partial charge in [0.25, 0.3) is 0 Å². The second-order valence-corrected chi connectivity index (χ2v) is 3.40. The monoisotopic (exact) mass is 227 g/mol. The lowest BCUT2D eigenvalue weighted by molar-refractivity contribution is -0.323. The molecule has 0 amide bonds. The zero-order valence-electron chi connectivity index (χ0n) is 7.88. The Hall–Kier alpha value is -0.820. The van der Waals surface area contributed by atoms with Gasteiger partial charge in [-0.1, -0.05) is 0 Å². The molecule has 0 radical (unpaired) electrons. The second kappa shape index (κ2) is 4.80. The first kappa shape index (κ1) is 12.3. The summed E-state index contributed by atoms with van der Waals surface area (Å²) in [6.07, 6.45) is -3.03. The summed E-state index contributed by atoms with van der Waals surface area (Å²) >= 11 is 0. The number of nitrogens with one attached hydrogen (secondary N) is 1. The van der Waals surface area contributed by atoms with Gasteiger partial charge in [0.15, 0.2) is 0 Å². The Morgan fingerprint density at radius 2 is 2.13 bits per heavy atom. The standard InChI is InChI=1S/C8H12F3NO3/c9-8(10,11)15-4-3-12-6(7(13)14)5-1-2-5/h5-6,12H,1-4H2,(H,13,14). The topological polar surface area (TPSA) is 58.6 Å². The molecule has 1 rings (SSSR count). The van der Waals surface area contributed by atoms with Crippen molar-refractivity contribution in [3.8, 4) is 0 Å². The van der Waals surface area contributed by atoms with Crippen LogP contribution < -0.4 is 5.32 Å². The molecule has 0 bridgehead atoms. The van der Waals surface area contributed by atoms with Gasteiger partial charge in [-0.25, -0.2) is 0 Å². The van der Waals surface area contributed by atoms with E-state index in [1.165, 1.54) is 0 Å². The summed E-state index contributed by atoms with van der Waals surface area (Å²) in [7, 11) is 0. The number of carboxylic acid groups (broad SMARTS) is 1. The lowest BCUT2D eigenvalue weighted by atomic mass is 10.2. The summed E-state index contributed by atoms with van der Waals surface area (Å²) in [6.45, 7) is -0.688. The third-order valence-electron chi connectivity index (χ3n) is 2.09. The quantitative estimate of drug-likeness (QED) is 0.664. The molecule has 88 valence electrons. The Balaban J connectivity index is 2.15. The van der Waals surface area contributed by atoms with E-state index in [0.29, 0.717) is 0 Å². The number of halogens is 3. The fourth-order valence-corrected chi connectivity index (χ4v) is 1.27. The average molecular weight is 227 g/mol. The van der Waals surface area contributed by atoms with Gasteiger partial charge in [0, 0.05) is 6.54 Å². The molecule has 7 heteroatoms. The van der Waals surface area contributed by atoms with Crippen molar-refractivity contribution in [2.45, 2.75) is 25.2 Å². The number of aliphatic carboxylic acids is 1. The summed E-state index contributed by atoms with van der Waals surface area (Å²) in [5.41, 5.74) is 0. The van der Waals surface area contributed by atoms with E-state index in [-0.39, 0.29) is 12.5 Å². The van der Waals surface area contributed by atoms with Crippen LogP contribution in [0.25, 0.3) is 0 Å². The van der Waals surface area contributed by atoms with Crippen molar-refractivity contribution in [3.63, 3.8) is 0 Å². The molecule has 1 atom stereocenters. The van der Waals surface area contributed by atoms with Crippen LogP contribution in [0.2, 0.25) is 0 Å². The molecule has 0 saturated heterocycles. The fraction of sp³-hybridized carbons (Fsp3) is 0.875. The van der Waals surface area contributed by atoms with Crippen LogP contribution in [-0.2, 0) is 9.53 Å². The first-order valence-electron chi connectivity index (χ1n) is 4.57. The summed E-state index contributed by atoms with van der Waals surface area (Å²) < 4.78 is 38.1. The zero-order valence-corrected chi connectivity index (χ0v) is 7.88. The molecule has 4 nitrogen and oxygen atoms in total. The first-order chi connectivity index (χ1) is 6.90. The molecule has 1 fully saturated rings. The van der Waals surface area contributed by atoms with Gasteiger partial charge in [-0.2, -0.15) is 0 Å². The van der Waals surface area contributed by atoms with Crippen molar-refractivity contribution in [2.24, 2.45) is 5.92 Å². The maximum atomic E-state index is 11.5. The lowest BCUT2D eigenvalue weighted by Crippen LogP contribution is -2.40. The smallest absolute Gasteiger partial charge is 0.480 e. The highest BCUT2D eigenvalue weighted by Gasteiger charge is 2.36. The molecule has 0 aromatic rings. The number of carboxylic acids is 1. The third kappa shape index (κ3) is 4.98. The Morgan fingerprint density at radius 3 is 2.53 bits per heavy atom. The fourth-order valence-electron chi connectivity index (χ4n) is 1.27. The maximum absolute atomic E-state index is 11.5. The number of carbonyl (C=O) groups is 1. The van der Waals surface area contributed by atoms with Crippen LogP contribution in [0.4, 0.5) is 13.2 Å². The molecule has 0 aliphatic heterocycles. The largest absolute Gasteiger partial charge is 0.522 e. The zero-order chi connectivity index (χ0) is 11.5. The number of hydrogen-bond donors (Lipinski definition) is 2. The number of hydrogen-bond acceptors (Lipinski definition) is 3. The van der Waals surface area contributed by atoms with Gasteiger partial charge in [0.2, 0.25) is 0 Å². The second-order valence-electron chi connectivity index (χ2n) is 3.40. The van der Waals surface area contributed by atoms with Crippen LogP contribution in [0.15, 0.2) is 0 Å².